The van der Waals surface area contributed by atoms with Crippen molar-refractivity contribution in [3.8, 4) is 17.6 Å². The van der Waals surface area contributed by atoms with Crippen LogP contribution in [0.15, 0.2) is 18.2 Å². The molecular weight excluding hydrogens is 199 g/mol. The van der Waals surface area contributed by atoms with E-state index < -0.39 is 11.8 Å². The number of hydrogen-bond acceptors (Lipinski definition) is 3. The van der Waals surface area contributed by atoms with Crippen LogP contribution in [-0.2, 0) is 9.53 Å². The van der Waals surface area contributed by atoms with Crippen LogP contribution in [0.2, 0.25) is 0 Å². The molecule has 0 unspecified atom stereocenters. The van der Waals surface area contributed by atoms with E-state index in [9.17, 15) is 14.3 Å². The first-order valence-corrected chi connectivity index (χ1v) is 4.30. The lowest BCUT2D eigenvalue weighted by molar-refractivity contribution is -0.136. The van der Waals surface area contributed by atoms with Crippen molar-refractivity contribution in [3.05, 3.63) is 29.6 Å². The number of carbonyl (C=O) groups excluding carboxylic acids is 1. The third-order valence-corrected chi connectivity index (χ3v) is 1.53. The van der Waals surface area contributed by atoms with Crippen molar-refractivity contribution >= 4 is 5.97 Å². The van der Waals surface area contributed by atoms with Crippen molar-refractivity contribution in [1.82, 2.24) is 0 Å². The Bertz CT molecular complexity index is 429. The van der Waals surface area contributed by atoms with Gasteiger partial charge in [0.2, 0.25) is 0 Å². The predicted molar refractivity (Wildman–Crippen MR) is 51.6 cm³/mol. The van der Waals surface area contributed by atoms with E-state index in [0.29, 0.717) is 0 Å². The van der Waals surface area contributed by atoms with Crippen LogP contribution in [0.1, 0.15) is 12.5 Å². The van der Waals surface area contributed by atoms with Gasteiger partial charge in [-0.15, -0.1) is 0 Å². The molecule has 0 fully saturated rings. The summed E-state index contributed by atoms with van der Waals surface area (Å²) in [5, 5.41) is 9.26. The highest BCUT2D eigenvalue weighted by Gasteiger charge is 2.00. The van der Waals surface area contributed by atoms with Gasteiger partial charge in [0.15, 0.2) is 0 Å². The number of benzene rings is 1. The van der Waals surface area contributed by atoms with Crippen LogP contribution in [-0.4, -0.2) is 17.7 Å². The molecule has 0 saturated carbocycles. The standard InChI is InChI=1S/C11H9FO3/c1-2-15-11(14)6-3-8-7-9(12)4-5-10(8)13/h4-5,7,13H,2H2,1H3. The summed E-state index contributed by atoms with van der Waals surface area (Å²) in [4.78, 5) is 10.8. The number of hydrogen-bond donors (Lipinski definition) is 1. The molecule has 0 aromatic heterocycles. The van der Waals surface area contributed by atoms with Gasteiger partial charge in [-0.1, -0.05) is 5.92 Å². The summed E-state index contributed by atoms with van der Waals surface area (Å²) in [5.41, 5.74) is 0.0584. The summed E-state index contributed by atoms with van der Waals surface area (Å²) >= 11 is 0. The topological polar surface area (TPSA) is 46.5 Å². The lowest BCUT2D eigenvalue weighted by atomic mass is 10.2. The summed E-state index contributed by atoms with van der Waals surface area (Å²) < 4.78 is 17.3. The van der Waals surface area contributed by atoms with Gasteiger partial charge in [-0.3, -0.25) is 0 Å². The Labute approximate surface area is 86.5 Å². The van der Waals surface area contributed by atoms with Crippen LogP contribution < -0.4 is 0 Å². The maximum atomic E-state index is 12.7. The average molecular weight is 208 g/mol. The van der Waals surface area contributed by atoms with Gasteiger partial charge in [0, 0.05) is 5.92 Å². The molecule has 1 N–H and O–H groups in total. The predicted octanol–water partition coefficient (Wildman–Crippen LogP) is 1.45. The Kier molecular flexibility index (Phi) is 3.69. The van der Waals surface area contributed by atoms with Gasteiger partial charge >= 0.3 is 5.97 Å². The van der Waals surface area contributed by atoms with E-state index in [1.54, 1.807) is 6.92 Å². The fraction of sp³-hybridized carbons (Fsp3) is 0.182. The Morgan fingerprint density at radius 2 is 2.33 bits per heavy atom. The molecular formula is C11H9FO3. The van der Waals surface area contributed by atoms with Crippen LogP contribution >= 0.6 is 0 Å². The van der Waals surface area contributed by atoms with Crippen LogP contribution in [0.3, 0.4) is 0 Å². The number of phenols is 1. The van der Waals surface area contributed by atoms with Crippen molar-refractivity contribution in [2.45, 2.75) is 6.92 Å². The monoisotopic (exact) mass is 208 g/mol. The summed E-state index contributed by atoms with van der Waals surface area (Å²) in [6.07, 6.45) is 0. The second kappa shape index (κ2) is 5.01. The molecule has 0 spiro atoms. The Morgan fingerprint density at radius 3 is 3.00 bits per heavy atom. The maximum Gasteiger partial charge on any atom is 0.384 e. The molecule has 3 nitrogen and oxygen atoms in total. The second-order valence-electron chi connectivity index (χ2n) is 2.63. The highest BCUT2D eigenvalue weighted by atomic mass is 19.1. The first kappa shape index (κ1) is 11.1. The molecule has 78 valence electrons. The van der Waals surface area contributed by atoms with E-state index in [1.807, 2.05) is 0 Å². The number of halogens is 1. The van der Waals surface area contributed by atoms with Crippen molar-refractivity contribution in [2.75, 3.05) is 6.61 Å². The molecule has 0 aliphatic heterocycles. The second-order valence-corrected chi connectivity index (χ2v) is 2.63. The third kappa shape index (κ3) is 3.31. The Hall–Kier alpha value is -2.02. The van der Waals surface area contributed by atoms with Gasteiger partial charge in [-0.25, -0.2) is 9.18 Å². The summed E-state index contributed by atoms with van der Waals surface area (Å²) in [7, 11) is 0. The smallest absolute Gasteiger partial charge is 0.384 e. The summed E-state index contributed by atoms with van der Waals surface area (Å²) in [6.45, 7) is 1.88. The fourth-order valence-electron chi connectivity index (χ4n) is 0.894. The molecule has 0 amide bonds. The number of ether oxygens (including phenoxy) is 1. The van der Waals surface area contributed by atoms with Gasteiger partial charge < -0.3 is 9.84 Å². The first-order valence-electron chi connectivity index (χ1n) is 4.30. The molecule has 0 bridgehead atoms. The zero-order valence-electron chi connectivity index (χ0n) is 8.08. The minimum Gasteiger partial charge on any atom is -0.507 e. The van der Waals surface area contributed by atoms with E-state index in [2.05, 4.69) is 16.6 Å². The molecule has 1 aromatic rings. The van der Waals surface area contributed by atoms with Crippen LogP contribution in [0, 0.1) is 17.7 Å². The van der Waals surface area contributed by atoms with Crippen LogP contribution in [0.5, 0.6) is 5.75 Å². The molecule has 0 atom stereocenters. The molecule has 0 radical (unpaired) electrons. The number of esters is 1. The summed E-state index contributed by atoms with van der Waals surface area (Å²) in [6, 6.07) is 3.32. The molecule has 0 saturated heterocycles. The molecule has 1 rings (SSSR count). The quantitative estimate of drug-likeness (QED) is 0.561. The van der Waals surface area contributed by atoms with Crippen molar-refractivity contribution in [1.29, 1.82) is 0 Å². The van der Waals surface area contributed by atoms with E-state index >= 15 is 0 Å². The van der Waals surface area contributed by atoms with E-state index in [4.69, 9.17) is 0 Å². The highest BCUT2D eigenvalue weighted by molar-refractivity contribution is 5.89. The maximum absolute atomic E-state index is 12.7. The fourth-order valence-corrected chi connectivity index (χ4v) is 0.894. The highest BCUT2D eigenvalue weighted by Crippen LogP contribution is 2.16. The average Bonchev–Trinajstić information content (AvgIpc) is 2.20. The first-order chi connectivity index (χ1) is 7.13. The van der Waals surface area contributed by atoms with E-state index in [1.165, 1.54) is 6.07 Å². The molecule has 1 aromatic carbocycles. The zero-order valence-corrected chi connectivity index (χ0v) is 8.08. The minimum absolute atomic E-state index is 0.0584. The molecule has 4 heteroatoms. The van der Waals surface area contributed by atoms with Gasteiger partial charge in [0.25, 0.3) is 0 Å². The van der Waals surface area contributed by atoms with Crippen molar-refractivity contribution in [2.24, 2.45) is 0 Å². The number of phenolic OH excluding ortho intramolecular Hbond substituents is 1. The minimum atomic E-state index is -0.707. The number of carbonyl (C=O) groups is 1. The Balaban J connectivity index is 2.88. The van der Waals surface area contributed by atoms with Gasteiger partial charge in [-0.2, -0.15) is 0 Å². The molecule has 0 aliphatic rings. The largest absolute Gasteiger partial charge is 0.507 e. The lowest BCUT2D eigenvalue weighted by Gasteiger charge is -1.95. The van der Waals surface area contributed by atoms with E-state index in [-0.39, 0.29) is 17.9 Å². The molecule has 0 aliphatic carbocycles. The number of aromatic hydroxyl groups is 1. The van der Waals surface area contributed by atoms with Crippen molar-refractivity contribution in [3.63, 3.8) is 0 Å². The van der Waals surface area contributed by atoms with E-state index in [0.717, 1.165) is 12.1 Å². The van der Waals surface area contributed by atoms with Crippen LogP contribution in [0.25, 0.3) is 0 Å². The van der Waals surface area contributed by atoms with Gasteiger partial charge in [0.1, 0.15) is 11.6 Å². The lowest BCUT2D eigenvalue weighted by Crippen LogP contribution is -1.99. The normalized spacial score (nSPS) is 8.93. The van der Waals surface area contributed by atoms with Gasteiger partial charge in [-0.05, 0) is 25.1 Å². The van der Waals surface area contributed by atoms with Crippen LogP contribution in [0.4, 0.5) is 4.39 Å². The zero-order chi connectivity index (χ0) is 11.3. The van der Waals surface area contributed by atoms with Crippen molar-refractivity contribution < 1.29 is 19.0 Å². The third-order valence-electron chi connectivity index (χ3n) is 1.53. The Morgan fingerprint density at radius 1 is 1.60 bits per heavy atom. The molecule has 15 heavy (non-hydrogen) atoms. The van der Waals surface area contributed by atoms with Gasteiger partial charge in [0.05, 0.1) is 12.2 Å². The SMILES string of the molecule is CCOC(=O)C#Cc1cc(F)ccc1O. The number of rotatable bonds is 1. The summed E-state index contributed by atoms with van der Waals surface area (Å²) in [5.74, 6) is 3.05. The molecule has 0 heterocycles.